The SMILES string of the molecule is CC(F)OS(=O)(=O)c1ccc([N+](=O)[O-])cc1. The maximum atomic E-state index is 12.4. The summed E-state index contributed by atoms with van der Waals surface area (Å²) in [6.07, 6.45) is -1.97. The fourth-order valence-corrected chi connectivity index (χ4v) is 1.89. The summed E-state index contributed by atoms with van der Waals surface area (Å²) in [5.41, 5.74) is -0.257. The van der Waals surface area contributed by atoms with E-state index >= 15 is 0 Å². The van der Waals surface area contributed by atoms with Crippen LogP contribution >= 0.6 is 0 Å². The lowest BCUT2D eigenvalue weighted by atomic mass is 10.3. The van der Waals surface area contributed by atoms with Crippen molar-refractivity contribution in [3.63, 3.8) is 0 Å². The molecule has 0 radical (unpaired) electrons. The molecule has 0 aliphatic rings. The summed E-state index contributed by atoms with van der Waals surface area (Å²) in [5.74, 6) is 0. The van der Waals surface area contributed by atoms with Gasteiger partial charge in [0.1, 0.15) is 0 Å². The molecule has 0 aliphatic heterocycles. The number of hydrogen-bond donors (Lipinski definition) is 0. The number of nitro groups is 1. The molecule has 0 saturated heterocycles. The maximum Gasteiger partial charge on any atom is 0.299 e. The monoisotopic (exact) mass is 249 g/mol. The summed E-state index contributed by atoms with van der Waals surface area (Å²) >= 11 is 0. The molecule has 0 amide bonds. The molecule has 6 nitrogen and oxygen atoms in total. The molecular formula is C8H8FNO5S. The fraction of sp³-hybridized carbons (Fsp3) is 0.250. The minimum Gasteiger partial charge on any atom is -0.258 e. The van der Waals surface area contributed by atoms with Crippen LogP contribution in [0.3, 0.4) is 0 Å². The van der Waals surface area contributed by atoms with Crippen LogP contribution in [0.15, 0.2) is 29.2 Å². The zero-order valence-electron chi connectivity index (χ0n) is 8.16. The van der Waals surface area contributed by atoms with Gasteiger partial charge < -0.3 is 0 Å². The Hall–Kier alpha value is -1.54. The summed E-state index contributed by atoms with van der Waals surface area (Å²) in [6.45, 7) is 0.920. The molecule has 1 aromatic carbocycles. The van der Waals surface area contributed by atoms with Crippen LogP contribution in [0.25, 0.3) is 0 Å². The van der Waals surface area contributed by atoms with Crippen LogP contribution in [0.5, 0.6) is 0 Å². The van der Waals surface area contributed by atoms with Gasteiger partial charge in [-0.15, -0.1) is 0 Å². The standard InChI is InChI=1S/C8H8FNO5S/c1-6(9)15-16(13,14)8-4-2-7(3-5-8)10(11)12/h2-6H,1H3. The van der Waals surface area contributed by atoms with E-state index in [2.05, 4.69) is 4.18 Å². The van der Waals surface area contributed by atoms with E-state index in [0.717, 1.165) is 31.2 Å². The zero-order valence-corrected chi connectivity index (χ0v) is 8.98. The summed E-state index contributed by atoms with van der Waals surface area (Å²) in [6, 6.07) is 3.96. The van der Waals surface area contributed by atoms with Crippen LogP contribution in [0.4, 0.5) is 10.1 Å². The second-order valence-corrected chi connectivity index (χ2v) is 4.42. The average molecular weight is 249 g/mol. The van der Waals surface area contributed by atoms with Crippen LogP contribution in [-0.2, 0) is 14.3 Å². The Labute approximate surface area is 90.9 Å². The van der Waals surface area contributed by atoms with Crippen molar-refractivity contribution < 1.29 is 21.9 Å². The van der Waals surface area contributed by atoms with Gasteiger partial charge in [-0.25, -0.2) is 8.57 Å². The second-order valence-electron chi connectivity index (χ2n) is 2.84. The van der Waals surface area contributed by atoms with Crippen molar-refractivity contribution in [2.75, 3.05) is 0 Å². The highest BCUT2D eigenvalue weighted by molar-refractivity contribution is 7.86. The van der Waals surface area contributed by atoms with Crippen LogP contribution in [-0.4, -0.2) is 19.7 Å². The molecule has 8 heteroatoms. The van der Waals surface area contributed by atoms with Gasteiger partial charge in [-0.3, -0.25) is 10.1 Å². The fourth-order valence-electron chi connectivity index (χ4n) is 0.965. The largest absolute Gasteiger partial charge is 0.299 e. The zero-order chi connectivity index (χ0) is 12.3. The summed E-state index contributed by atoms with van der Waals surface area (Å²) < 4.78 is 39.0. The Morgan fingerprint density at radius 1 is 1.38 bits per heavy atom. The van der Waals surface area contributed by atoms with Crippen molar-refractivity contribution in [2.45, 2.75) is 18.2 Å². The van der Waals surface area contributed by atoms with Crippen molar-refractivity contribution in [2.24, 2.45) is 0 Å². The van der Waals surface area contributed by atoms with E-state index < -0.39 is 21.4 Å². The maximum absolute atomic E-state index is 12.4. The highest BCUT2D eigenvalue weighted by atomic mass is 32.2. The van der Waals surface area contributed by atoms with E-state index in [0.29, 0.717) is 0 Å². The molecule has 0 fully saturated rings. The highest BCUT2D eigenvalue weighted by Crippen LogP contribution is 2.18. The summed E-state index contributed by atoms with van der Waals surface area (Å²) in [7, 11) is -4.20. The number of nitro benzene ring substituents is 1. The lowest BCUT2D eigenvalue weighted by molar-refractivity contribution is -0.384. The Balaban J connectivity index is 3.02. The number of alkyl halides is 1. The Morgan fingerprint density at radius 2 is 1.88 bits per heavy atom. The molecule has 0 bridgehead atoms. The number of non-ortho nitro benzene ring substituents is 1. The molecule has 0 heterocycles. The van der Waals surface area contributed by atoms with Crippen molar-refractivity contribution in [3.05, 3.63) is 34.4 Å². The lowest BCUT2D eigenvalue weighted by Crippen LogP contribution is -2.11. The van der Waals surface area contributed by atoms with Crippen molar-refractivity contribution >= 4 is 15.8 Å². The molecule has 0 N–H and O–H groups in total. The number of benzene rings is 1. The molecule has 1 aromatic rings. The highest BCUT2D eigenvalue weighted by Gasteiger charge is 2.19. The van der Waals surface area contributed by atoms with E-state index in [4.69, 9.17) is 0 Å². The molecule has 0 aromatic heterocycles. The van der Waals surface area contributed by atoms with E-state index in [1.54, 1.807) is 0 Å². The molecule has 1 atom stereocenters. The Morgan fingerprint density at radius 3 is 2.25 bits per heavy atom. The minimum absolute atomic E-state index is 0.257. The molecular weight excluding hydrogens is 241 g/mol. The van der Waals surface area contributed by atoms with E-state index in [1.807, 2.05) is 0 Å². The van der Waals surface area contributed by atoms with Gasteiger partial charge in [0.05, 0.1) is 9.82 Å². The van der Waals surface area contributed by atoms with Crippen molar-refractivity contribution in [1.29, 1.82) is 0 Å². The van der Waals surface area contributed by atoms with Gasteiger partial charge in [0.25, 0.3) is 15.8 Å². The first-order valence-corrected chi connectivity index (χ1v) is 5.55. The third kappa shape index (κ3) is 2.97. The van der Waals surface area contributed by atoms with Gasteiger partial charge in [-0.2, -0.15) is 8.42 Å². The quantitative estimate of drug-likeness (QED) is 0.459. The third-order valence-corrected chi connectivity index (χ3v) is 2.96. The predicted octanol–water partition coefficient (Wildman–Crippen LogP) is 1.62. The molecule has 0 aliphatic carbocycles. The van der Waals surface area contributed by atoms with Gasteiger partial charge in [0.2, 0.25) is 6.36 Å². The number of hydrogen-bond acceptors (Lipinski definition) is 5. The minimum atomic E-state index is -4.20. The first kappa shape index (κ1) is 12.5. The van der Waals surface area contributed by atoms with Gasteiger partial charge in [-0.05, 0) is 19.1 Å². The molecule has 0 spiro atoms. The summed E-state index contributed by atoms with van der Waals surface area (Å²) in [4.78, 5) is 9.30. The molecule has 1 rings (SSSR count). The van der Waals surface area contributed by atoms with Crippen LogP contribution in [0.2, 0.25) is 0 Å². The van der Waals surface area contributed by atoms with Crippen molar-refractivity contribution in [3.8, 4) is 0 Å². The van der Waals surface area contributed by atoms with Gasteiger partial charge in [0.15, 0.2) is 0 Å². The average Bonchev–Trinajstić information content (AvgIpc) is 2.16. The number of halogens is 1. The lowest BCUT2D eigenvalue weighted by Gasteiger charge is -2.05. The van der Waals surface area contributed by atoms with Gasteiger partial charge in [0, 0.05) is 12.1 Å². The topological polar surface area (TPSA) is 86.5 Å². The van der Waals surface area contributed by atoms with Crippen molar-refractivity contribution in [1.82, 2.24) is 0 Å². The predicted molar refractivity (Wildman–Crippen MR) is 51.9 cm³/mol. The van der Waals surface area contributed by atoms with E-state index in [1.165, 1.54) is 0 Å². The molecule has 0 saturated carbocycles. The molecule has 88 valence electrons. The smallest absolute Gasteiger partial charge is 0.258 e. The molecule has 16 heavy (non-hydrogen) atoms. The molecule has 1 unspecified atom stereocenters. The van der Waals surface area contributed by atoms with Crippen LogP contribution in [0, 0.1) is 10.1 Å². The van der Waals surface area contributed by atoms with Crippen LogP contribution in [0.1, 0.15) is 6.92 Å². The third-order valence-electron chi connectivity index (χ3n) is 1.60. The normalized spacial score (nSPS) is 13.4. The Kier molecular flexibility index (Phi) is 3.55. The van der Waals surface area contributed by atoms with Gasteiger partial charge in [-0.1, -0.05) is 0 Å². The second kappa shape index (κ2) is 4.54. The van der Waals surface area contributed by atoms with E-state index in [-0.39, 0.29) is 10.6 Å². The first-order chi connectivity index (χ1) is 7.33. The summed E-state index contributed by atoms with van der Waals surface area (Å²) in [5, 5.41) is 10.3. The van der Waals surface area contributed by atoms with Crippen LogP contribution < -0.4 is 0 Å². The van der Waals surface area contributed by atoms with E-state index in [9.17, 15) is 22.9 Å². The first-order valence-electron chi connectivity index (χ1n) is 4.15. The Bertz CT molecular complexity index is 482. The number of nitrogens with zero attached hydrogens (tertiary/aromatic N) is 1. The number of rotatable bonds is 4. The van der Waals surface area contributed by atoms with Gasteiger partial charge >= 0.3 is 0 Å².